The van der Waals surface area contributed by atoms with Crippen molar-refractivity contribution in [1.82, 2.24) is 10.3 Å². The molecule has 3 rings (SSSR count). The molecule has 1 heterocycles. The van der Waals surface area contributed by atoms with Crippen LogP contribution >= 0.6 is 0 Å². The zero-order chi connectivity index (χ0) is 28.9. The van der Waals surface area contributed by atoms with E-state index in [0.29, 0.717) is 6.42 Å². The van der Waals surface area contributed by atoms with Crippen molar-refractivity contribution in [3.63, 3.8) is 0 Å². The lowest BCUT2D eigenvalue weighted by Crippen LogP contribution is -2.31. The molecule has 38 heavy (non-hydrogen) atoms. The van der Waals surface area contributed by atoms with Crippen molar-refractivity contribution < 1.29 is 19.5 Å². The third-order valence-corrected chi connectivity index (χ3v) is 5.51. The molecule has 0 saturated heterocycles. The van der Waals surface area contributed by atoms with E-state index in [1.54, 1.807) is 6.92 Å². The van der Waals surface area contributed by atoms with Crippen molar-refractivity contribution in [1.29, 1.82) is 0 Å². The molecule has 0 radical (unpaired) electrons. The lowest BCUT2D eigenvalue weighted by Gasteiger charge is -2.07. The van der Waals surface area contributed by atoms with Gasteiger partial charge in [0.05, 0.1) is 5.92 Å². The summed E-state index contributed by atoms with van der Waals surface area (Å²) in [7, 11) is 2.54. The standard InChI is InChI=1S/C18H16O.C7H13NO2.C6H9N.CH4O/c1-3-15-4-6-16(7-5-15)8-9-17-10-12-18(13-11-17)14(2)19;1-4-6(5(2)9)7(10)8-3;1-2-6-4-3-5-7-6;1-2/h4-7,10-13H,3H2,1-2H3;6H,4H2,1-3H3,(H,8,10);3-5,7H,2H2,1H3;2H,1H3. The number of rotatable bonds is 6. The number of hydrogen-bond acceptors (Lipinski definition) is 4. The molecule has 1 amide bonds. The fourth-order valence-electron chi connectivity index (χ4n) is 3.18. The SMILES string of the molecule is CCC(C(C)=O)C(=O)NC.CCc1ccc(C#Cc2ccc(C(C)=O)cc2)cc1.CCc1ccc[nH]1.CO. The minimum absolute atomic E-state index is 0.0677. The van der Waals surface area contributed by atoms with Crippen LogP contribution in [-0.2, 0) is 22.4 Å². The van der Waals surface area contributed by atoms with E-state index in [4.69, 9.17) is 5.11 Å². The van der Waals surface area contributed by atoms with E-state index in [2.05, 4.69) is 54.2 Å². The Morgan fingerprint density at radius 3 is 1.66 bits per heavy atom. The minimum atomic E-state index is -0.454. The van der Waals surface area contributed by atoms with Crippen molar-refractivity contribution in [3.8, 4) is 11.8 Å². The number of Topliss-reactive ketones (excluding diaryl/α,β-unsaturated/α-hetero) is 2. The Hall–Kier alpha value is -3.95. The van der Waals surface area contributed by atoms with Gasteiger partial charge in [0, 0.05) is 42.7 Å². The molecular formula is C32H42N2O4. The molecule has 1 aromatic heterocycles. The van der Waals surface area contributed by atoms with Gasteiger partial charge in [-0.05, 0) is 75.1 Å². The number of nitrogens with one attached hydrogen (secondary N) is 2. The van der Waals surface area contributed by atoms with Gasteiger partial charge in [0.25, 0.3) is 0 Å². The maximum atomic E-state index is 11.2. The molecular weight excluding hydrogens is 476 g/mol. The highest BCUT2D eigenvalue weighted by molar-refractivity contribution is 6.00. The number of ketones is 2. The quantitative estimate of drug-likeness (QED) is 0.232. The van der Waals surface area contributed by atoms with Gasteiger partial charge in [-0.15, -0.1) is 0 Å². The van der Waals surface area contributed by atoms with E-state index in [9.17, 15) is 14.4 Å². The zero-order valence-corrected chi connectivity index (χ0v) is 23.7. The normalized spacial score (nSPS) is 9.89. The van der Waals surface area contributed by atoms with E-state index in [1.807, 2.05) is 55.6 Å². The summed E-state index contributed by atoms with van der Waals surface area (Å²) in [4.78, 5) is 35.8. The highest BCUT2D eigenvalue weighted by atomic mass is 16.2. The van der Waals surface area contributed by atoms with Crippen molar-refractivity contribution in [2.75, 3.05) is 14.2 Å². The molecule has 2 aromatic carbocycles. The highest BCUT2D eigenvalue weighted by Crippen LogP contribution is 2.06. The highest BCUT2D eigenvalue weighted by Gasteiger charge is 2.18. The first kappa shape index (κ1) is 34.1. The molecule has 0 spiro atoms. The Bertz CT molecular complexity index is 1140. The molecule has 204 valence electrons. The van der Waals surface area contributed by atoms with Crippen LogP contribution in [0.2, 0.25) is 0 Å². The summed E-state index contributed by atoms with van der Waals surface area (Å²) >= 11 is 0. The first-order valence-electron chi connectivity index (χ1n) is 12.8. The number of carbonyl (C=O) groups excluding carboxylic acids is 3. The van der Waals surface area contributed by atoms with Gasteiger partial charge in [-0.25, -0.2) is 0 Å². The fourth-order valence-corrected chi connectivity index (χ4v) is 3.18. The molecule has 1 unspecified atom stereocenters. The Kier molecular flexibility index (Phi) is 18.1. The number of H-pyrrole nitrogens is 1. The average molecular weight is 519 g/mol. The number of aromatic amines is 1. The van der Waals surface area contributed by atoms with Gasteiger partial charge in [-0.2, -0.15) is 0 Å². The smallest absolute Gasteiger partial charge is 0.230 e. The number of benzene rings is 2. The van der Waals surface area contributed by atoms with Gasteiger partial charge in [0.15, 0.2) is 5.78 Å². The van der Waals surface area contributed by atoms with Gasteiger partial charge in [0.1, 0.15) is 5.78 Å². The van der Waals surface area contributed by atoms with Gasteiger partial charge in [-0.1, -0.05) is 56.9 Å². The topological polar surface area (TPSA) is 99.3 Å². The first-order chi connectivity index (χ1) is 18.2. The van der Waals surface area contributed by atoms with Crippen LogP contribution < -0.4 is 5.32 Å². The van der Waals surface area contributed by atoms with Crippen molar-refractivity contribution in [2.24, 2.45) is 5.92 Å². The summed E-state index contributed by atoms with van der Waals surface area (Å²) in [5.41, 5.74) is 5.27. The van der Waals surface area contributed by atoms with Crippen LogP contribution in [0.5, 0.6) is 0 Å². The van der Waals surface area contributed by atoms with Gasteiger partial charge < -0.3 is 15.4 Å². The lowest BCUT2D eigenvalue weighted by atomic mass is 10.0. The summed E-state index contributed by atoms with van der Waals surface area (Å²) in [5.74, 6) is 5.60. The summed E-state index contributed by atoms with van der Waals surface area (Å²) in [5, 5.41) is 9.44. The largest absolute Gasteiger partial charge is 0.400 e. The van der Waals surface area contributed by atoms with Crippen LogP contribution in [0.25, 0.3) is 0 Å². The van der Waals surface area contributed by atoms with Crippen LogP contribution in [0.15, 0.2) is 66.9 Å². The summed E-state index contributed by atoms with van der Waals surface area (Å²) in [6.07, 6.45) is 4.67. The van der Waals surface area contributed by atoms with Crippen LogP contribution in [0.4, 0.5) is 0 Å². The maximum absolute atomic E-state index is 11.2. The second-order valence-corrected chi connectivity index (χ2v) is 8.17. The van der Waals surface area contributed by atoms with Crippen molar-refractivity contribution in [2.45, 2.75) is 53.9 Å². The third-order valence-electron chi connectivity index (χ3n) is 5.51. The van der Waals surface area contributed by atoms with Crippen LogP contribution in [0.3, 0.4) is 0 Å². The molecule has 0 aliphatic carbocycles. The maximum Gasteiger partial charge on any atom is 0.230 e. The number of amides is 1. The molecule has 6 nitrogen and oxygen atoms in total. The monoisotopic (exact) mass is 518 g/mol. The number of hydrogen-bond donors (Lipinski definition) is 3. The van der Waals surface area contributed by atoms with Gasteiger partial charge in [-0.3, -0.25) is 14.4 Å². The molecule has 0 saturated carbocycles. The van der Waals surface area contributed by atoms with Crippen LogP contribution in [0, 0.1) is 17.8 Å². The van der Waals surface area contributed by atoms with Crippen LogP contribution in [-0.4, -0.2) is 41.7 Å². The Morgan fingerprint density at radius 2 is 1.37 bits per heavy atom. The fraction of sp³-hybridized carbons (Fsp3) is 0.344. The zero-order valence-electron chi connectivity index (χ0n) is 23.7. The predicted molar refractivity (Wildman–Crippen MR) is 155 cm³/mol. The van der Waals surface area contributed by atoms with Gasteiger partial charge in [0.2, 0.25) is 5.91 Å². The molecule has 0 aliphatic heterocycles. The number of carbonyl (C=O) groups is 3. The second-order valence-electron chi connectivity index (χ2n) is 8.17. The Labute approximate surface area is 227 Å². The third kappa shape index (κ3) is 13.4. The van der Waals surface area contributed by atoms with Crippen molar-refractivity contribution >= 4 is 17.5 Å². The van der Waals surface area contributed by atoms with E-state index in [1.165, 1.54) is 25.2 Å². The predicted octanol–water partition coefficient (Wildman–Crippen LogP) is 5.38. The molecule has 0 bridgehead atoms. The molecule has 3 aromatic rings. The van der Waals surface area contributed by atoms with E-state index in [-0.39, 0.29) is 17.5 Å². The summed E-state index contributed by atoms with van der Waals surface area (Å²) in [6.45, 7) is 9.09. The first-order valence-corrected chi connectivity index (χ1v) is 12.8. The van der Waals surface area contributed by atoms with E-state index < -0.39 is 5.92 Å². The molecule has 6 heteroatoms. The number of aliphatic hydroxyl groups is 1. The van der Waals surface area contributed by atoms with E-state index >= 15 is 0 Å². The van der Waals surface area contributed by atoms with Crippen LogP contribution in [0.1, 0.15) is 73.8 Å². The number of aliphatic hydroxyl groups excluding tert-OH is 1. The second kappa shape index (κ2) is 20.1. The average Bonchev–Trinajstić information content (AvgIpc) is 3.48. The lowest BCUT2D eigenvalue weighted by molar-refractivity contribution is -0.132. The molecule has 3 N–H and O–H groups in total. The molecule has 0 fully saturated rings. The van der Waals surface area contributed by atoms with Gasteiger partial charge >= 0.3 is 0 Å². The Balaban J connectivity index is 0.000000602. The van der Waals surface area contributed by atoms with E-state index in [0.717, 1.165) is 36.6 Å². The molecule has 1 atom stereocenters. The van der Waals surface area contributed by atoms with Crippen molar-refractivity contribution in [3.05, 3.63) is 94.8 Å². The number of aromatic nitrogens is 1. The molecule has 0 aliphatic rings. The Morgan fingerprint density at radius 1 is 0.842 bits per heavy atom. The summed E-state index contributed by atoms with van der Waals surface area (Å²) in [6, 6.07) is 19.8. The number of aryl methyl sites for hydroxylation is 2. The summed E-state index contributed by atoms with van der Waals surface area (Å²) < 4.78 is 0. The minimum Gasteiger partial charge on any atom is -0.400 e.